The maximum Gasteiger partial charge on any atom is 0.191 e. The topological polar surface area (TPSA) is 72.8 Å². The minimum absolute atomic E-state index is 0. The van der Waals surface area contributed by atoms with Gasteiger partial charge in [-0.05, 0) is 66.8 Å². The van der Waals surface area contributed by atoms with Crippen molar-refractivity contribution in [1.29, 1.82) is 0 Å². The second-order valence-electron chi connectivity index (χ2n) is 7.76. The second kappa shape index (κ2) is 12.5. The zero-order valence-corrected chi connectivity index (χ0v) is 21.1. The molecule has 1 aliphatic heterocycles. The summed E-state index contributed by atoms with van der Waals surface area (Å²) in [7, 11) is 0. The molecule has 3 N–H and O–H groups in total. The number of nitrogens with zero attached hydrogens (tertiary/aromatic N) is 3. The second-order valence-corrected chi connectivity index (χ2v) is 8.54. The van der Waals surface area contributed by atoms with E-state index in [0.29, 0.717) is 19.0 Å². The van der Waals surface area contributed by atoms with Crippen LogP contribution in [0.15, 0.2) is 40.1 Å². The van der Waals surface area contributed by atoms with Gasteiger partial charge in [0.1, 0.15) is 11.4 Å². The summed E-state index contributed by atoms with van der Waals surface area (Å²) < 4.78 is 0. The van der Waals surface area contributed by atoms with E-state index in [1.807, 2.05) is 42.9 Å². The number of aliphatic hydroxyl groups is 1. The molecule has 2 aromatic rings. The van der Waals surface area contributed by atoms with E-state index in [1.54, 1.807) is 11.3 Å². The maximum absolute atomic E-state index is 10.7. The summed E-state index contributed by atoms with van der Waals surface area (Å²) in [5.74, 6) is 1.76. The van der Waals surface area contributed by atoms with E-state index in [2.05, 4.69) is 26.6 Å². The Morgan fingerprint density at radius 2 is 2.00 bits per heavy atom. The Balaban J connectivity index is 0.00000320. The number of thiophene rings is 1. The molecule has 1 aliphatic rings. The van der Waals surface area contributed by atoms with Crippen LogP contribution in [0.25, 0.3) is 0 Å². The molecule has 0 saturated carbocycles. The summed E-state index contributed by atoms with van der Waals surface area (Å²) in [4.78, 5) is 11.7. The first kappa shape index (κ1) is 24.9. The Bertz CT molecular complexity index is 774. The SMILES string of the molecule is CCNC(=NCc1ccnc(N2CCCCCC2)c1)NCC(C)(O)c1ccsc1.I. The van der Waals surface area contributed by atoms with Crippen molar-refractivity contribution in [3.63, 3.8) is 0 Å². The minimum Gasteiger partial charge on any atom is -0.384 e. The number of guanidine groups is 1. The largest absolute Gasteiger partial charge is 0.384 e. The normalized spacial score (nSPS) is 16.9. The summed E-state index contributed by atoms with van der Waals surface area (Å²) in [6.07, 6.45) is 6.98. The third-order valence-electron chi connectivity index (χ3n) is 5.25. The highest BCUT2D eigenvalue weighted by molar-refractivity contribution is 14.0. The van der Waals surface area contributed by atoms with Crippen LogP contribution in [-0.2, 0) is 12.1 Å². The molecule has 0 spiro atoms. The number of aliphatic imine (C=N–C) groups is 1. The van der Waals surface area contributed by atoms with Gasteiger partial charge in [0, 0.05) is 25.8 Å². The van der Waals surface area contributed by atoms with Crippen LogP contribution >= 0.6 is 35.3 Å². The summed E-state index contributed by atoms with van der Waals surface area (Å²) in [6, 6.07) is 6.13. The number of hydrogen-bond donors (Lipinski definition) is 3. The molecule has 1 fully saturated rings. The maximum atomic E-state index is 10.7. The lowest BCUT2D eigenvalue weighted by molar-refractivity contribution is 0.0621. The number of rotatable bonds is 7. The molecule has 1 atom stereocenters. The standard InChI is InChI=1S/C22H33N5OS.HI/c1-3-23-21(26-17-22(2,28)19-9-13-29-16-19)25-15-18-8-10-24-20(14-18)27-11-6-4-5-7-12-27;/h8-10,13-14,16,28H,3-7,11-12,15,17H2,1-2H3,(H2,23,25,26);1H. The molecule has 3 heterocycles. The quantitative estimate of drug-likeness (QED) is 0.279. The molecule has 2 aromatic heterocycles. The number of halogens is 1. The first-order valence-electron chi connectivity index (χ1n) is 10.6. The van der Waals surface area contributed by atoms with Gasteiger partial charge >= 0.3 is 0 Å². The summed E-state index contributed by atoms with van der Waals surface area (Å²) in [6.45, 7) is 7.76. The van der Waals surface area contributed by atoms with Gasteiger partial charge in [-0.15, -0.1) is 24.0 Å². The fourth-order valence-electron chi connectivity index (χ4n) is 3.47. The van der Waals surface area contributed by atoms with Crippen molar-refractivity contribution in [2.75, 3.05) is 31.1 Å². The van der Waals surface area contributed by atoms with Crippen molar-refractivity contribution in [2.24, 2.45) is 4.99 Å². The number of pyridine rings is 1. The van der Waals surface area contributed by atoms with Gasteiger partial charge in [-0.1, -0.05) is 12.8 Å². The van der Waals surface area contributed by atoms with E-state index in [4.69, 9.17) is 4.99 Å². The Hall–Kier alpha value is -1.39. The molecule has 1 saturated heterocycles. The number of nitrogens with one attached hydrogen (secondary N) is 2. The van der Waals surface area contributed by atoms with E-state index in [9.17, 15) is 5.11 Å². The molecule has 30 heavy (non-hydrogen) atoms. The first-order chi connectivity index (χ1) is 14.1. The van der Waals surface area contributed by atoms with Crippen molar-refractivity contribution in [3.05, 3.63) is 46.3 Å². The van der Waals surface area contributed by atoms with Gasteiger partial charge in [-0.25, -0.2) is 9.98 Å². The molecular formula is C22H34IN5OS. The molecule has 6 nitrogen and oxygen atoms in total. The molecule has 0 aromatic carbocycles. The lowest BCUT2D eigenvalue weighted by Crippen LogP contribution is -2.44. The summed E-state index contributed by atoms with van der Waals surface area (Å²) in [5, 5.41) is 21.2. The summed E-state index contributed by atoms with van der Waals surface area (Å²) in [5.41, 5.74) is 1.12. The molecule has 0 aliphatic carbocycles. The van der Waals surface area contributed by atoms with Gasteiger partial charge in [0.2, 0.25) is 0 Å². The lowest BCUT2D eigenvalue weighted by atomic mass is 9.99. The molecule has 166 valence electrons. The summed E-state index contributed by atoms with van der Waals surface area (Å²) >= 11 is 1.59. The average Bonchev–Trinajstić information content (AvgIpc) is 3.14. The van der Waals surface area contributed by atoms with E-state index >= 15 is 0 Å². The number of anilines is 1. The lowest BCUT2D eigenvalue weighted by Gasteiger charge is -2.24. The predicted octanol–water partition coefficient (Wildman–Crippen LogP) is 4.10. The smallest absolute Gasteiger partial charge is 0.191 e. The predicted molar refractivity (Wildman–Crippen MR) is 137 cm³/mol. The Morgan fingerprint density at radius 3 is 2.67 bits per heavy atom. The van der Waals surface area contributed by atoms with Crippen LogP contribution in [0.1, 0.15) is 50.7 Å². The van der Waals surface area contributed by atoms with Gasteiger partial charge in [0.25, 0.3) is 0 Å². The van der Waals surface area contributed by atoms with Crippen molar-refractivity contribution in [1.82, 2.24) is 15.6 Å². The molecule has 3 rings (SSSR count). The highest BCUT2D eigenvalue weighted by atomic mass is 127. The number of hydrogen-bond acceptors (Lipinski definition) is 5. The molecule has 0 amide bonds. The van der Waals surface area contributed by atoms with Gasteiger partial charge < -0.3 is 20.6 Å². The van der Waals surface area contributed by atoms with Crippen LogP contribution in [0, 0.1) is 0 Å². The third kappa shape index (κ3) is 7.39. The molecule has 1 unspecified atom stereocenters. The molecule has 8 heteroatoms. The fourth-order valence-corrected chi connectivity index (χ4v) is 4.26. The molecule has 0 bridgehead atoms. The van der Waals surface area contributed by atoms with Crippen LogP contribution in [-0.4, -0.2) is 42.2 Å². The molecule has 0 radical (unpaired) electrons. The van der Waals surface area contributed by atoms with Crippen LogP contribution in [0.2, 0.25) is 0 Å². The number of aromatic nitrogens is 1. The van der Waals surface area contributed by atoms with Crippen LogP contribution < -0.4 is 15.5 Å². The van der Waals surface area contributed by atoms with Gasteiger partial charge in [0.15, 0.2) is 5.96 Å². The van der Waals surface area contributed by atoms with Crippen molar-refractivity contribution < 1.29 is 5.11 Å². The van der Waals surface area contributed by atoms with Crippen molar-refractivity contribution in [3.8, 4) is 0 Å². The highest BCUT2D eigenvalue weighted by Crippen LogP contribution is 2.22. The van der Waals surface area contributed by atoms with E-state index < -0.39 is 5.60 Å². The van der Waals surface area contributed by atoms with E-state index in [0.717, 1.165) is 36.6 Å². The zero-order valence-electron chi connectivity index (χ0n) is 17.9. The van der Waals surface area contributed by atoms with Crippen LogP contribution in [0.4, 0.5) is 5.82 Å². The van der Waals surface area contributed by atoms with E-state index in [-0.39, 0.29) is 24.0 Å². The Kier molecular flexibility index (Phi) is 10.3. The van der Waals surface area contributed by atoms with Gasteiger partial charge in [-0.3, -0.25) is 0 Å². The monoisotopic (exact) mass is 543 g/mol. The third-order valence-corrected chi connectivity index (χ3v) is 5.93. The zero-order chi connectivity index (χ0) is 20.5. The first-order valence-corrected chi connectivity index (χ1v) is 11.5. The minimum atomic E-state index is -0.938. The molecular weight excluding hydrogens is 509 g/mol. The van der Waals surface area contributed by atoms with E-state index in [1.165, 1.54) is 25.7 Å². The van der Waals surface area contributed by atoms with Gasteiger partial charge in [-0.2, -0.15) is 11.3 Å². The average molecular weight is 544 g/mol. The fraction of sp³-hybridized carbons (Fsp3) is 0.545. The van der Waals surface area contributed by atoms with Crippen LogP contribution in [0.3, 0.4) is 0 Å². The van der Waals surface area contributed by atoms with Crippen molar-refractivity contribution in [2.45, 2.75) is 51.7 Å². The highest BCUT2D eigenvalue weighted by Gasteiger charge is 2.23. The Labute approximate surface area is 201 Å². The van der Waals surface area contributed by atoms with Crippen molar-refractivity contribution >= 4 is 47.1 Å². The van der Waals surface area contributed by atoms with Gasteiger partial charge in [0.05, 0.1) is 13.1 Å². The van der Waals surface area contributed by atoms with Crippen LogP contribution in [0.5, 0.6) is 0 Å². The Morgan fingerprint density at radius 1 is 1.23 bits per heavy atom.